The Kier molecular flexibility index (Phi) is 6.96. The number of nitrogens with zero attached hydrogens (tertiary/aromatic N) is 1. The van der Waals surface area contributed by atoms with Crippen molar-refractivity contribution in [2.45, 2.75) is 12.3 Å². The second-order valence-corrected chi connectivity index (χ2v) is 7.62. The molecule has 5 heteroatoms. The molecule has 1 aliphatic rings. The van der Waals surface area contributed by atoms with Crippen LogP contribution in [0.3, 0.4) is 0 Å². The Bertz CT molecular complexity index is 977. The summed E-state index contributed by atoms with van der Waals surface area (Å²) in [5, 5.41) is 0.472. The number of fused-ring (bicyclic) bond motifs is 1. The van der Waals surface area contributed by atoms with E-state index >= 15 is 0 Å². The van der Waals surface area contributed by atoms with Gasteiger partial charge in [0.25, 0.3) is 0 Å². The molecule has 0 N–H and O–H groups in total. The first-order valence-electron chi connectivity index (χ1n) is 9.45. The van der Waals surface area contributed by atoms with Crippen molar-refractivity contribution in [3.05, 3.63) is 100 Å². The molecule has 0 fully saturated rings. The zero-order valence-electron chi connectivity index (χ0n) is 16.2. The third-order valence-corrected chi connectivity index (χ3v) is 5.54. The fourth-order valence-corrected chi connectivity index (χ4v) is 3.97. The number of hydrogen-bond acceptors (Lipinski definition) is 3. The molecule has 0 aromatic heterocycles. The second kappa shape index (κ2) is 9.45. The van der Waals surface area contributed by atoms with E-state index in [-0.39, 0.29) is 18.3 Å². The number of esters is 1. The van der Waals surface area contributed by atoms with Crippen LogP contribution in [0.1, 0.15) is 33.0 Å². The predicted octanol–water partition coefficient (Wildman–Crippen LogP) is 5.60. The highest BCUT2D eigenvalue weighted by molar-refractivity contribution is 6.32. The van der Waals surface area contributed by atoms with Gasteiger partial charge in [0.1, 0.15) is 5.75 Å². The maximum absolute atomic E-state index is 12.5. The molecule has 0 amide bonds. The molecule has 150 valence electrons. The summed E-state index contributed by atoms with van der Waals surface area (Å²) < 4.78 is 5.66. The van der Waals surface area contributed by atoms with Crippen molar-refractivity contribution in [2.24, 2.45) is 0 Å². The quantitative estimate of drug-likeness (QED) is 0.402. The number of carbonyl (C=O) groups excluding carboxylic acids is 1. The average molecular weight is 428 g/mol. The van der Waals surface area contributed by atoms with Gasteiger partial charge in [-0.15, -0.1) is 12.4 Å². The molecular formula is C24H23Cl2NO2. The first-order valence-corrected chi connectivity index (χ1v) is 9.82. The molecule has 0 spiro atoms. The molecule has 3 aromatic rings. The summed E-state index contributed by atoms with van der Waals surface area (Å²) in [6.07, 6.45) is 0.918. The minimum Gasteiger partial charge on any atom is -0.421 e. The number of ether oxygens (including phenoxy) is 1. The van der Waals surface area contributed by atoms with Crippen molar-refractivity contribution in [3.63, 3.8) is 0 Å². The van der Waals surface area contributed by atoms with Gasteiger partial charge in [0.15, 0.2) is 0 Å². The molecule has 29 heavy (non-hydrogen) atoms. The molecule has 1 aliphatic heterocycles. The number of likely N-dealkylation sites (N-methyl/N-ethyl adjacent to an activating group) is 1. The van der Waals surface area contributed by atoms with Gasteiger partial charge < -0.3 is 9.64 Å². The van der Waals surface area contributed by atoms with E-state index in [0.717, 1.165) is 19.5 Å². The van der Waals surface area contributed by atoms with Gasteiger partial charge in [-0.3, -0.25) is 0 Å². The van der Waals surface area contributed by atoms with Crippen LogP contribution in [0.5, 0.6) is 5.75 Å². The fraction of sp³-hybridized carbons (Fsp3) is 0.208. The maximum atomic E-state index is 12.5. The lowest BCUT2D eigenvalue weighted by Crippen LogP contribution is -2.24. The van der Waals surface area contributed by atoms with Crippen molar-refractivity contribution in [2.75, 3.05) is 20.1 Å². The molecule has 0 bridgehead atoms. The Balaban J connectivity index is 0.00000240. The molecule has 3 aromatic carbocycles. The highest BCUT2D eigenvalue weighted by atomic mass is 35.5. The monoisotopic (exact) mass is 427 g/mol. The van der Waals surface area contributed by atoms with E-state index in [1.54, 1.807) is 12.1 Å². The summed E-state index contributed by atoms with van der Waals surface area (Å²) in [5.41, 5.74) is 4.14. The van der Waals surface area contributed by atoms with Crippen LogP contribution < -0.4 is 4.74 Å². The Hall–Kier alpha value is -2.33. The molecule has 0 unspecified atom stereocenters. The van der Waals surface area contributed by atoms with Gasteiger partial charge in [-0.05, 0) is 54.4 Å². The molecule has 0 saturated carbocycles. The molecule has 1 heterocycles. The van der Waals surface area contributed by atoms with Gasteiger partial charge in [0.2, 0.25) is 0 Å². The van der Waals surface area contributed by atoms with Crippen LogP contribution in [0.2, 0.25) is 5.02 Å². The van der Waals surface area contributed by atoms with Crippen LogP contribution in [0.25, 0.3) is 0 Å². The Labute approximate surface area is 182 Å². The van der Waals surface area contributed by atoms with Crippen LogP contribution in [0, 0.1) is 0 Å². The number of rotatable bonds is 3. The molecule has 0 aliphatic carbocycles. The van der Waals surface area contributed by atoms with Gasteiger partial charge >= 0.3 is 5.97 Å². The minimum absolute atomic E-state index is 0. The summed E-state index contributed by atoms with van der Waals surface area (Å²) in [6.45, 7) is 1.88. The van der Waals surface area contributed by atoms with E-state index in [4.69, 9.17) is 16.3 Å². The van der Waals surface area contributed by atoms with Crippen molar-refractivity contribution < 1.29 is 9.53 Å². The summed E-state index contributed by atoms with van der Waals surface area (Å²) in [7, 11) is 2.14. The number of hydrogen-bond donors (Lipinski definition) is 0. The second-order valence-electron chi connectivity index (χ2n) is 7.21. The lowest BCUT2D eigenvalue weighted by molar-refractivity contribution is 0.0734. The summed E-state index contributed by atoms with van der Waals surface area (Å²) >= 11 is 6.49. The third kappa shape index (κ3) is 4.81. The maximum Gasteiger partial charge on any atom is 0.343 e. The zero-order chi connectivity index (χ0) is 19.5. The summed E-state index contributed by atoms with van der Waals surface area (Å²) in [6, 6.07) is 23.3. The minimum atomic E-state index is -0.399. The summed E-state index contributed by atoms with van der Waals surface area (Å²) in [4.78, 5) is 14.9. The molecule has 0 radical (unpaired) electrons. The van der Waals surface area contributed by atoms with Crippen LogP contribution >= 0.6 is 24.0 Å². The highest BCUT2D eigenvalue weighted by Crippen LogP contribution is 2.37. The number of halogens is 2. The first kappa shape index (κ1) is 21.4. The Morgan fingerprint density at radius 2 is 1.69 bits per heavy atom. The normalized spacial score (nSPS) is 16.3. The molecular weight excluding hydrogens is 405 g/mol. The third-order valence-electron chi connectivity index (χ3n) is 5.24. The molecule has 4 rings (SSSR count). The predicted molar refractivity (Wildman–Crippen MR) is 120 cm³/mol. The zero-order valence-corrected chi connectivity index (χ0v) is 17.7. The smallest absolute Gasteiger partial charge is 0.343 e. The van der Waals surface area contributed by atoms with E-state index in [0.29, 0.717) is 16.3 Å². The largest absolute Gasteiger partial charge is 0.421 e. The fourth-order valence-electron chi connectivity index (χ4n) is 3.75. The molecule has 3 nitrogen and oxygen atoms in total. The van der Waals surface area contributed by atoms with Gasteiger partial charge in [-0.25, -0.2) is 4.79 Å². The van der Waals surface area contributed by atoms with Crippen LogP contribution in [-0.4, -0.2) is 31.0 Å². The van der Waals surface area contributed by atoms with Crippen LogP contribution in [0.4, 0.5) is 0 Å². The van der Waals surface area contributed by atoms with E-state index in [9.17, 15) is 4.79 Å². The van der Waals surface area contributed by atoms with Gasteiger partial charge in [0, 0.05) is 19.0 Å². The standard InChI is InChI=1S/C24H22ClNO2.ClH/c1-26-13-12-19-14-22(25)23(28-24(27)18-10-6-3-7-11-18)15-20(19)21(16-26)17-8-4-2-5-9-17;/h2-11,14-15,21H,12-13,16H2,1H3;1H/t21-;/m0./s1. The highest BCUT2D eigenvalue weighted by Gasteiger charge is 2.25. The lowest BCUT2D eigenvalue weighted by Gasteiger charge is -2.22. The van der Waals surface area contributed by atoms with E-state index in [1.807, 2.05) is 36.4 Å². The number of carbonyl (C=O) groups is 1. The molecule has 0 saturated heterocycles. The summed E-state index contributed by atoms with van der Waals surface area (Å²) in [5.74, 6) is 0.222. The number of benzene rings is 3. The Morgan fingerprint density at radius 3 is 2.38 bits per heavy atom. The average Bonchev–Trinajstić information content (AvgIpc) is 2.88. The van der Waals surface area contributed by atoms with Crippen LogP contribution in [0.15, 0.2) is 72.8 Å². The van der Waals surface area contributed by atoms with Gasteiger partial charge in [0.05, 0.1) is 10.6 Å². The van der Waals surface area contributed by atoms with E-state index < -0.39 is 5.97 Å². The molecule has 1 atom stereocenters. The SMILES string of the molecule is CN1CCc2cc(Cl)c(OC(=O)c3ccccc3)cc2[C@H](c2ccccc2)C1.Cl. The lowest BCUT2D eigenvalue weighted by atomic mass is 9.88. The van der Waals surface area contributed by atoms with Gasteiger partial charge in [-0.2, -0.15) is 0 Å². The Morgan fingerprint density at radius 1 is 1.03 bits per heavy atom. The first-order chi connectivity index (χ1) is 13.6. The van der Waals surface area contributed by atoms with Crippen molar-refractivity contribution in [1.29, 1.82) is 0 Å². The van der Waals surface area contributed by atoms with E-state index in [2.05, 4.69) is 36.2 Å². The van der Waals surface area contributed by atoms with Crippen molar-refractivity contribution in [1.82, 2.24) is 4.90 Å². The van der Waals surface area contributed by atoms with Crippen LogP contribution in [-0.2, 0) is 6.42 Å². The van der Waals surface area contributed by atoms with E-state index in [1.165, 1.54) is 16.7 Å². The topological polar surface area (TPSA) is 29.5 Å². The van der Waals surface area contributed by atoms with Gasteiger partial charge in [-0.1, -0.05) is 60.1 Å². The van der Waals surface area contributed by atoms with Crippen molar-refractivity contribution in [3.8, 4) is 5.75 Å². The van der Waals surface area contributed by atoms with Crippen molar-refractivity contribution >= 4 is 30.0 Å².